The number of nitrogens with one attached hydrogen (secondary N) is 1. The summed E-state index contributed by atoms with van der Waals surface area (Å²) in [7, 11) is 0. The summed E-state index contributed by atoms with van der Waals surface area (Å²) in [6, 6.07) is 10.5. The Hall–Kier alpha value is -1.94. The summed E-state index contributed by atoms with van der Waals surface area (Å²) in [5.74, 6) is 0. The molecule has 0 aliphatic carbocycles. The Morgan fingerprint density at radius 1 is 1.10 bits per heavy atom. The topological polar surface area (TPSA) is 41.1 Å². The normalized spacial score (nSPS) is 15.4. The third-order valence-electron chi connectivity index (χ3n) is 3.71. The molecule has 0 radical (unpaired) electrons. The van der Waals surface area contributed by atoms with Crippen LogP contribution in [0.1, 0.15) is 24.1 Å². The molecule has 1 saturated heterocycles. The molecule has 2 aromatic rings. The summed E-state index contributed by atoms with van der Waals surface area (Å²) in [4.78, 5) is 10.7. The van der Waals surface area contributed by atoms with Gasteiger partial charge in [0.25, 0.3) is 0 Å². The van der Waals surface area contributed by atoms with Gasteiger partial charge in [-0.2, -0.15) is 0 Å². The third-order valence-corrected chi connectivity index (χ3v) is 3.71. The molecule has 4 heteroatoms. The van der Waals surface area contributed by atoms with Crippen molar-refractivity contribution >= 4 is 5.69 Å². The highest BCUT2D eigenvalue weighted by molar-refractivity contribution is 5.51. The van der Waals surface area contributed by atoms with Gasteiger partial charge in [-0.3, -0.25) is 4.90 Å². The first kappa shape index (κ1) is 13.1. The second-order valence-corrected chi connectivity index (χ2v) is 5.19. The molecular formula is C16H20N4. The quantitative estimate of drug-likeness (QED) is 0.905. The minimum atomic E-state index is 0.736. The van der Waals surface area contributed by atoms with E-state index in [2.05, 4.69) is 44.5 Å². The summed E-state index contributed by atoms with van der Waals surface area (Å²) < 4.78 is 0. The van der Waals surface area contributed by atoms with E-state index in [1.54, 1.807) is 12.5 Å². The van der Waals surface area contributed by atoms with Crippen LogP contribution >= 0.6 is 0 Å². The highest BCUT2D eigenvalue weighted by atomic mass is 15.1. The number of benzene rings is 1. The van der Waals surface area contributed by atoms with Crippen LogP contribution in [0.15, 0.2) is 42.9 Å². The molecule has 1 aromatic carbocycles. The zero-order chi connectivity index (χ0) is 13.6. The Bertz CT molecular complexity index is 535. The van der Waals surface area contributed by atoms with Crippen LogP contribution in [0.3, 0.4) is 0 Å². The van der Waals surface area contributed by atoms with Crippen LogP contribution in [0, 0.1) is 0 Å². The Balaban J connectivity index is 1.66. The highest BCUT2D eigenvalue weighted by Crippen LogP contribution is 2.20. The first-order valence-corrected chi connectivity index (χ1v) is 7.21. The van der Waals surface area contributed by atoms with Gasteiger partial charge in [0.2, 0.25) is 0 Å². The maximum atomic E-state index is 4.24. The monoisotopic (exact) mass is 268 g/mol. The van der Waals surface area contributed by atoms with E-state index in [0.29, 0.717) is 0 Å². The lowest BCUT2D eigenvalue weighted by molar-refractivity contribution is 0.332. The lowest BCUT2D eigenvalue weighted by Gasteiger charge is -2.18. The van der Waals surface area contributed by atoms with Gasteiger partial charge in [0, 0.05) is 18.4 Å². The lowest BCUT2D eigenvalue weighted by atomic mass is 10.1. The smallest absolute Gasteiger partial charge is 0.115 e. The molecule has 20 heavy (non-hydrogen) atoms. The minimum absolute atomic E-state index is 0.736. The number of aromatic nitrogens is 2. The van der Waals surface area contributed by atoms with Crippen molar-refractivity contribution in [1.29, 1.82) is 0 Å². The van der Waals surface area contributed by atoms with Crippen LogP contribution in [0.4, 0.5) is 5.69 Å². The molecule has 1 aliphatic heterocycles. The summed E-state index contributed by atoms with van der Waals surface area (Å²) in [5.41, 5.74) is 3.58. The number of nitrogens with zero attached hydrogens (tertiary/aromatic N) is 3. The van der Waals surface area contributed by atoms with Crippen molar-refractivity contribution in [1.82, 2.24) is 14.9 Å². The zero-order valence-electron chi connectivity index (χ0n) is 11.6. The first-order valence-electron chi connectivity index (χ1n) is 7.21. The van der Waals surface area contributed by atoms with Crippen LogP contribution < -0.4 is 5.32 Å². The predicted molar refractivity (Wildman–Crippen MR) is 80.3 cm³/mol. The van der Waals surface area contributed by atoms with Crippen molar-refractivity contribution in [2.75, 3.05) is 18.4 Å². The Morgan fingerprint density at radius 3 is 2.75 bits per heavy atom. The van der Waals surface area contributed by atoms with Crippen LogP contribution in [-0.2, 0) is 13.1 Å². The van der Waals surface area contributed by atoms with Gasteiger partial charge in [0.05, 0.1) is 12.2 Å². The number of anilines is 1. The third kappa shape index (κ3) is 3.33. The molecule has 0 unspecified atom stereocenters. The lowest BCUT2D eigenvalue weighted by Crippen LogP contribution is -2.19. The minimum Gasteiger partial charge on any atom is -0.379 e. The summed E-state index contributed by atoms with van der Waals surface area (Å²) in [5, 5.41) is 3.49. The fourth-order valence-corrected chi connectivity index (χ4v) is 2.62. The van der Waals surface area contributed by atoms with Gasteiger partial charge >= 0.3 is 0 Å². The van der Waals surface area contributed by atoms with Gasteiger partial charge in [-0.25, -0.2) is 9.97 Å². The Morgan fingerprint density at radius 2 is 1.95 bits per heavy atom. The fourth-order valence-electron chi connectivity index (χ4n) is 2.62. The van der Waals surface area contributed by atoms with Gasteiger partial charge in [0.15, 0.2) is 0 Å². The van der Waals surface area contributed by atoms with Crippen LogP contribution in [0.2, 0.25) is 0 Å². The van der Waals surface area contributed by atoms with E-state index in [1.807, 2.05) is 6.07 Å². The molecule has 0 atom stereocenters. The van der Waals surface area contributed by atoms with E-state index < -0.39 is 0 Å². The zero-order valence-corrected chi connectivity index (χ0v) is 11.6. The average molecular weight is 268 g/mol. The molecule has 0 bridgehead atoms. The van der Waals surface area contributed by atoms with Crippen molar-refractivity contribution in [2.45, 2.75) is 25.9 Å². The molecular weight excluding hydrogens is 248 g/mol. The largest absolute Gasteiger partial charge is 0.379 e. The molecule has 1 fully saturated rings. The van der Waals surface area contributed by atoms with Crippen LogP contribution in [-0.4, -0.2) is 28.0 Å². The maximum absolute atomic E-state index is 4.24. The van der Waals surface area contributed by atoms with E-state index in [9.17, 15) is 0 Å². The van der Waals surface area contributed by atoms with Crippen molar-refractivity contribution < 1.29 is 0 Å². The molecule has 1 aliphatic rings. The van der Waals surface area contributed by atoms with Crippen molar-refractivity contribution in [3.05, 3.63) is 54.1 Å². The second-order valence-electron chi connectivity index (χ2n) is 5.19. The van der Waals surface area contributed by atoms with Crippen LogP contribution in [0.25, 0.3) is 0 Å². The van der Waals surface area contributed by atoms with Gasteiger partial charge in [0.1, 0.15) is 6.33 Å². The molecule has 3 rings (SSSR count). The van der Waals surface area contributed by atoms with Gasteiger partial charge in [-0.1, -0.05) is 18.2 Å². The van der Waals surface area contributed by atoms with E-state index in [-0.39, 0.29) is 0 Å². The highest BCUT2D eigenvalue weighted by Gasteiger charge is 2.13. The molecule has 0 amide bonds. The van der Waals surface area contributed by atoms with E-state index in [4.69, 9.17) is 0 Å². The summed E-state index contributed by atoms with van der Waals surface area (Å²) in [6.07, 6.45) is 6.03. The molecule has 0 spiro atoms. The maximum Gasteiger partial charge on any atom is 0.115 e. The van der Waals surface area contributed by atoms with E-state index in [0.717, 1.165) is 18.8 Å². The first-order chi connectivity index (χ1) is 9.92. The van der Waals surface area contributed by atoms with Crippen molar-refractivity contribution in [3.63, 3.8) is 0 Å². The second kappa shape index (κ2) is 6.48. The van der Waals surface area contributed by atoms with Crippen molar-refractivity contribution in [2.24, 2.45) is 0 Å². The molecule has 0 saturated carbocycles. The number of hydrogen-bond donors (Lipinski definition) is 1. The Labute approximate surface area is 119 Å². The Kier molecular flexibility index (Phi) is 4.23. The number of hydrogen-bond acceptors (Lipinski definition) is 4. The fraction of sp³-hybridized carbons (Fsp3) is 0.375. The molecule has 1 N–H and O–H groups in total. The standard InChI is InChI=1S/C16H20N4/c1-2-6-16(18-11-15-7-8-17-13-19-15)14(5-1)12-20-9-3-4-10-20/h1-2,5-8,13,18H,3-4,9-12H2. The molecule has 2 heterocycles. The van der Waals surface area contributed by atoms with E-state index in [1.165, 1.54) is 37.2 Å². The molecule has 4 nitrogen and oxygen atoms in total. The summed E-state index contributed by atoms with van der Waals surface area (Å²) in [6.45, 7) is 4.22. The predicted octanol–water partition coefficient (Wildman–Crippen LogP) is 2.68. The number of rotatable bonds is 5. The SMILES string of the molecule is c1ccc(NCc2ccncn2)c(CN2CCCC2)c1. The van der Waals surface area contributed by atoms with Crippen molar-refractivity contribution in [3.8, 4) is 0 Å². The van der Waals surface area contributed by atoms with Gasteiger partial charge < -0.3 is 5.32 Å². The summed E-state index contributed by atoms with van der Waals surface area (Å²) >= 11 is 0. The van der Waals surface area contributed by atoms with Gasteiger partial charge in [-0.15, -0.1) is 0 Å². The molecule has 1 aromatic heterocycles. The number of likely N-dealkylation sites (tertiary alicyclic amines) is 1. The molecule has 104 valence electrons. The average Bonchev–Trinajstić information content (AvgIpc) is 3.00. The van der Waals surface area contributed by atoms with Crippen LogP contribution in [0.5, 0.6) is 0 Å². The van der Waals surface area contributed by atoms with E-state index >= 15 is 0 Å². The number of para-hydroxylation sites is 1. The van der Waals surface area contributed by atoms with Gasteiger partial charge in [-0.05, 0) is 43.6 Å².